The lowest BCUT2D eigenvalue weighted by molar-refractivity contribution is -0.142. The van der Waals surface area contributed by atoms with Crippen molar-refractivity contribution in [1.82, 2.24) is 9.29 Å². The van der Waals surface area contributed by atoms with Crippen LogP contribution >= 0.6 is 0 Å². The number of nitrogens with zero attached hydrogens (tertiary/aromatic N) is 2. The van der Waals surface area contributed by atoms with E-state index < -0.39 is 20.7 Å². The fourth-order valence-corrected chi connectivity index (χ4v) is 5.35. The second-order valence-electron chi connectivity index (χ2n) is 8.22. The van der Waals surface area contributed by atoms with Gasteiger partial charge in [0.15, 0.2) is 4.75 Å². The van der Waals surface area contributed by atoms with E-state index in [0.717, 1.165) is 33.6 Å². The number of pyridine rings is 1. The van der Waals surface area contributed by atoms with Crippen molar-refractivity contribution < 1.29 is 22.7 Å². The van der Waals surface area contributed by atoms with Crippen LogP contribution in [0, 0.1) is 6.92 Å². The molecule has 172 valence electrons. The zero-order chi connectivity index (χ0) is 23.5. The van der Waals surface area contributed by atoms with Gasteiger partial charge in [0, 0.05) is 24.8 Å². The topological polar surface area (TPSA) is 85.8 Å². The van der Waals surface area contributed by atoms with Crippen LogP contribution in [0.5, 0.6) is 5.75 Å². The maximum Gasteiger partial charge on any atom is 0.328 e. The summed E-state index contributed by atoms with van der Waals surface area (Å²) in [5.74, 6) is -0.0268. The molecule has 0 aliphatic carbocycles. The molecule has 0 fully saturated rings. The van der Waals surface area contributed by atoms with Crippen LogP contribution in [-0.4, -0.2) is 55.2 Å². The number of carbonyl (C=O) groups excluding carboxylic acids is 1. The number of ether oxygens (including phenoxy) is 2. The Morgan fingerprint density at radius 3 is 2.53 bits per heavy atom. The van der Waals surface area contributed by atoms with Crippen LogP contribution in [-0.2, 0) is 19.6 Å². The first kappa shape index (κ1) is 23.9. The van der Waals surface area contributed by atoms with Crippen LogP contribution in [0.25, 0.3) is 16.7 Å². The first-order valence-corrected chi connectivity index (χ1v) is 12.0. The number of hydrogen-bond donors (Lipinski definition) is 0. The van der Waals surface area contributed by atoms with E-state index in [1.54, 1.807) is 6.20 Å². The molecular weight excluding hydrogens is 428 g/mol. The molecule has 1 aromatic heterocycles. The number of benzene rings is 1. The first-order valence-electron chi connectivity index (χ1n) is 10.6. The van der Waals surface area contributed by atoms with Gasteiger partial charge in [-0.05, 0) is 62.4 Å². The van der Waals surface area contributed by atoms with Gasteiger partial charge in [0.25, 0.3) is 0 Å². The molecule has 32 heavy (non-hydrogen) atoms. The highest BCUT2D eigenvalue weighted by atomic mass is 32.2. The minimum atomic E-state index is -3.84. The van der Waals surface area contributed by atoms with Crippen molar-refractivity contribution in [3.05, 3.63) is 53.9 Å². The smallest absolute Gasteiger partial charge is 0.328 e. The molecule has 2 heterocycles. The quantitative estimate of drug-likeness (QED) is 0.586. The summed E-state index contributed by atoms with van der Waals surface area (Å²) in [4.78, 5) is 16.3. The second kappa shape index (κ2) is 9.42. The fraction of sp³-hybridized carbons (Fsp3) is 0.417. The number of methoxy groups -OCH3 is 1. The number of aromatic nitrogens is 1. The highest BCUT2D eigenvalue weighted by Crippen LogP contribution is 2.32. The summed E-state index contributed by atoms with van der Waals surface area (Å²) in [7, 11) is -2.65. The molecule has 1 aliphatic heterocycles. The summed E-state index contributed by atoms with van der Waals surface area (Å²) in [6.45, 7) is 7.87. The van der Waals surface area contributed by atoms with E-state index >= 15 is 0 Å². The van der Waals surface area contributed by atoms with Gasteiger partial charge in [0.05, 0.1) is 19.9 Å². The van der Waals surface area contributed by atoms with E-state index in [4.69, 9.17) is 9.47 Å². The molecule has 0 spiro atoms. The Bertz CT molecular complexity index is 1140. The van der Waals surface area contributed by atoms with E-state index in [2.05, 4.69) is 17.1 Å². The summed E-state index contributed by atoms with van der Waals surface area (Å²) in [5, 5.41) is 0. The second-order valence-corrected chi connectivity index (χ2v) is 10.7. The van der Waals surface area contributed by atoms with E-state index in [-0.39, 0.29) is 6.54 Å². The van der Waals surface area contributed by atoms with Gasteiger partial charge in [-0.15, -0.1) is 0 Å². The fourth-order valence-electron chi connectivity index (χ4n) is 3.80. The summed E-state index contributed by atoms with van der Waals surface area (Å²) >= 11 is 0. The maximum atomic E-state index is 13.0. The Hall–Kier alpha value is -2.71. The number of rotatable bonds is 7. The molecule has 2 aromatic rings. The minimum absolute atomic E-state index is 0.221. The number of carbonyl (C=O) groups is 1. The van der Waals surface area contributed by atoms with E-state index in [1.807, 2.05) is 38.3 Å². The highest BCUT2D eigenvalue weighted by molar-refractivity contribution is 7.91. The number of aryl methyl sites for hydroxylation is 1. The lowest BCUT2D eigenvalue weighted by atomic mass is 9.94. The summed E-state index contributed by atoms with van der Waals surface area (Å²) in [6.07, 6.45) is 6.00. The van der Waals surface area contributed by atoms with Crippen molar-refractivity contribution in [2.45, 2.75) is 38.9 Å². The lowest BCUT2D eigenvalue weighted by Crippen LogP contribution is -2.51. The molecule has 0 amide bonds. The molecule has 0 saturated heterocycles. The summed E-state index contributed by atoms with van der Waals surface area (Å²) < 4.78 is 35.9. The Morgan fingerprint density at radius 1 is 1.19 bits per heavy atom. The average Bonchev–Trinajstić information content (AvgIpc) is 2.78. The first-order chi connectivity index (χ1) is 15.1. The third-order valence-corrected chi connectivity index (χ3v) is 8.23. The van der Waals surface area contributed by atoms with Gasteiger partial charge in [0.1, 0.15) is 5.75 Å². The molecule has 0 atom stereocenters. The number of sulfonamides is 1. The third-order valence-electron chi connectivity index (χ3n) is 5.77. The van der Waals surface area contributed by atoms with E-state index in [0.29, 0.717) is 19.6 Å². The molecule has 0 N–H and O–H groups in total. The predicted molar refractivity (Wildman–Crippen MR) is 125 cm³/mol. The van der Waals surface area contributed by atoms with Crippen LogP contribution < -0.4 is 4.74 Å². The van der Waals surface area contributed by atoms with Crippen molar-refractivity contribution in [1.29, 1.82) is 0 Å². The van der Waals surface area contributed by atoms with Gasteiger partial charge in [-0.25, -0.2) is 8.42 Å². The zero-order valence-corrected chi connectivity index (χ0v) is 20.0. The monoisotopic (exact) mass is 458 g/mol. The summed E-state index contributed by atoms with van der Waals surface area (Å²) in [5.41, 5.74) is 5.30. The third kappa shape index (κ3) is 4.56. The van der Waals surface area contributed by atoms with Gasteiger partial charge < -0.3 is 9.47 Å². The molecule has 3 rings (SSSR count). The normalized spacial score (nSPS) is 15.2. The van der Waals surface area contributed by atoms with Gasteiger partial charge in [-0.1, -0.05) is 24.3 Å². The van der Waals surface area contributed by atoms with Crippen molar-refractivity contribution in [3.8, 4) is 16.9 Å². The molecule has 8 heteroatoms. The number of esters is 1. The maximum absolute atomic E-state index is 13.0. The largest absolute Gasteiger partial charge is 0.492 e. The SMILES string of the molecule is CCOc1cncc(-c2ccc(C3=CCN(S(=O)(=O)C(C)(C)C(=O)OC)CC3)cc2C)c1. The van der Waals surface area contributed by atoms with Crippen molar-refractivity contribution >= 4 is 21.6 Å². The zero-order valence-electron chi connectivity index (χ0n) is 19.2. The van der Waals surface area contributed by atoms with Gasteiger partial charge in [0.2, 0.25) is 10.0 Å². The molecule has 0 bridgehead atoms. The molecular formula is C24H30N2O5S. The van der Waals surface area contributed by atoms with Crippen molar-refractivity contribution in [2.75, 3.05) is 26.8 Å². The Balaban J connectivity index is 1.81. The Morgan fingerprint density at radius 2 is 1.94 bits per heavy atom. The van der Waals surface area contributed by atoms with Gasteiger partial charge >= 0.3 is 5.97 Å². The van der Waals surface area contributed by atoms with E-state index in [9.17, 15) is 13.2 Å². The van der Waals surface area contributed by atoms with Crippen LogP contribution in [0.2, 0.25) is 0 Å². The predicted octanol–water partition coefficient (Wildman–Crippen LogP) is 3.83. The molecule has 1 aliphatic rings. The van der Waals surface area contributed by atoms with Gasteiger partial charge in [-0.3, -0.25) is 9.78 Å². The van der Waals surface area contributed by atoms with Crippen LogP contribution in [0.1, 0.15) is 38.3 Å². The number of hydrogen-bond acceptors (Lipinski definition) is 6. The summed E-state index contributed by atoms with van der Waals surface area (Å²) in [6, 6.07) is 8.19. The van der Waals surface area contributed by atoms with Crippen LogP contribution in [0.15, 0.2) is 42.7 Å². The molecule has 0 unspecified atom stereocenters. The molecule has 0 radical (unpaired) electrons. The van der Waals surface area contributed by atoms with Crippen molar-refractivity contribution in [2.24, 2.45) is 0 Å². The van der Waals surface area contributed by atoms with Gasteiger partial charge in [-0.2, -0.15) is 4.31 Å². The molecule has 7 nitrogen and oxygen atoms in total. The van der Waals surface area contributed by atoms with Crippen molar-refractivity contribution in [3.63, 3.8) is 0 Å². The molecule has 0 saturated carbocycles. The highest BCUT2D eigenvalue weighted by Gasteiger charge is 2.46. The van der Waals surface area contributed by atoms with E-state index in [1.165, 1.54) is 25.3 Å². The van der Waals surface area contributed by atoms with Crippen LogP contribution in [0.4, 0.5) is 0 Å². The Labute approximate surface area is 190 Å². The minimum Gasteiger partial charge on any atom is -0.492 e. The molecule has 1 aromatic carbocycles. The van der Waals surface area contributed by atoms with Crippen LogP contribution in [0.3, 0.4) is 0 Å². The standard InChI is InChI=1S/C24H30N2O5S/c1-6-31-21-14-20(15-25-16-21)22-8-7-19(13-17(22)2)18-9-11-26(12-10-18)32(28,29)24(3,4)23(27)30-5/h7-9,13-16H,6,10-12H2,1-5H3. The lowest BCUT2D eigenvalue weighted by Gasteiger charge is -2.32. The Kier molecular flexibility index (Phi) is 7.05. The average molecular weight is 459 g/mol.